The van der Waals surface area contributed by atoms with Gasteiger partial charge in [-0.15, -0.1) is 0 Å². The smallest absolute Gasteiger partial charge is 0.279 e. The molecule has 0 saturated heterocycles. The summed E-state index contributed by atoms with van der Waals surface area (Å²) in [5.41, 5.74) is 0.898. The number of nitrogens with zero attached hydrogens (tertiary/aromatic N) is 3. The lowest BCUT2D eigenvalue weighted by atomic mass is 10.1. The highest BCUT2D eigenvalue weighted by molar-refractivity contribution is 9.10. The number of hydrogen-bond donors (Lipinski definition) is 1. The molecule has 0 bridgehead atoms. The van der Waals surface area contributed by atoms with Crippen LogP contribution in [0.2, 0.25) is 5.02 Å². The van der Waals surface area contributed by atoms with Crippen molar-refractivity contribution >= 4 is 50.1 Å². The lowest BCUT2D eigenvalue weighted by Crippen LogP contribution is -2.11. The predicted molar refractivity (Wildman–Crippen MR) is 100 cm³/mol. The Kier molecular flexibility index (Phi) is 4.58. The van der Waals surface area contributed by atoms with E-state index in [2.05, 4.69) is 35.8 Å². The Hall–Kier alpha value is -2.49. The van der Waals surface area contributed by atoms with Crippen molar-refractivity contribution in [2.75, 3.05) is 5.32 Å². The highest BCUT2D eigenvalue weighted by Gasteiger charge is 2.17. The van der Waals surface area contributed by atoms with Crippen LogP contribution >= 0.6 is 39.1 Å². The fourth-order valence-corrected chi connectivity index (χ4v) is 3.10. The normalized spacial score (nSPS) is 10.8. The fraction of sp³-hybridized carbons (Fsp3) is 0. The summed E-state index contributed by atoms with van der Waals surface area (Å²) in [6.45, 7) is 0. The van der Waals surface area contributed by atoms with E-state index in [4.69, 9.17) is 20.5 Å². The molecule has 0 saturated carbocycles. The van der Waals surface area contributed by atoms with Crippen LogP contribution in [0.4, 0.5) is 5.13 Å². The minimum absolute atomic E-state index is 0.132. The maximum absolute atomic E-state index is 12.3. The predicted octanol–water partition coefficient (Wildman–Crippen LogP) is 5.12. The first-order valence-electron chi connectivity index (χ1n) is 7.22. The standard InChI is InChI=1S/C16H8BrClN4O3S/c17-13-6-5-11(24-13)14-19-16(26-22-14)20-15(23)10-7-12(25-21-10)8-1-3-9(18)4-2-8/h1-7H,(H,19,20,22,23). The molecular formula is C16H8BrClN4O3S. The molecule has 0 radical (unpaired) electrons. The molecule has 3 heterocycles. The quantitative estimate of drug-likeness (QED) is 0.463. The highest BCUT2D eigenvalue weighted by atomic mass is 79.9. The Morgan fingerprint density at radius 3 is 2.69 bits per heavy atom. The molecule has 0 fully saturated rings. The summed E-state index contributed by atoms with van der Waals surface area (Å²) >= 11 is 10.1. The maximum atomic E-state index is 12.3. The van der Waals surface area contributed by atoms with E-state index in [0.29, 0.717) is 32.2 Å². The number of aromatic nitrogens is 3. The van der Waals surface area contributed by atoms with E-state index in [1.54, 1.807) is 42.5 Å². The van der Waals surface area contributed by atoms with Gasteiger partial charge in [0.15, 0.2) is 21.9 Å². The van der Waals surface area contributed by atoms with Gasteiger partial charge < -0.3 is 8.94 Å². The second kappa shape index (κ2) is 7.02. The largest absolute Gasteiger partial charge is 0.446 e. The van der Waals surface area contributed by atoms with Crippen molar-refractivity contribution in [2.45, 2.75) is 0 Å². The average molecular weight is 452 g/mol. The van der Waals surface area contributed by atoms with Crippen LogP contribution in [0.1, 0.15) is 10.5 Å². The number of anilines is 1. The third kappa shape index (κ3) is 3.55. The molecule has 0 atom stereocenters. The van der Waals surface area contributed by atoms with Crippen LogP contribution in [-0.2, 0) is 0 Å². The number of carbonyl (C=O) groups excluding carboxylic acids is 1. The van der Waals surface area contributed by atoms with Crippen molar-refractivity contribution < 1.29 is 13.7 Å². The van der Waals surface area contributed by atoms with Crippen LogP contribution in [0.15, 0.2) is 56.1 Å². The van der Waals surface area contributed by atoms with Crippen LogP contribution in [0.3, 0.4) is 0 Å². The lowest BCUT2D eigenvalue weighted by molar-refractivity contribution is 0.101. The number of halogens is 2. The summed E-state index contributed by atoms with van der Waals surface area (Å²) in [7, 11) is 0. The molecule has 26 heavy (non-hydrogen) atoms. The molecule has 10 heteroatoms. The number of hydrogen-bond acceptors (Lipinski definition) is 7. The maximum Gasteiger partial charge on any atom is 0.279 e. The third-order valence-corrected chi connectivity index (χ3v) is 4.62. The molecule has 0 aliphatic heterocycles. The molecule has 3 aromatic heterocycles. The molecule has 0 unspecified atom stereocenters. The van der Waals surface area contributed by atoms with Crippen molar-refractivity contribution in [3.63, 3.8) is 0 Å². The van der Waals surface area contributed by atoms with Crippen LogP contribution in [0.5, 0.6) is 0 Å². The number of benzene rings is 1. The highest BCUT2D eigenvalue weighted by Crippen LogP contribution is 2.26. The fourth-order valence-electron chi connectivity index (χ4n) is 2.10. The molecule has 1 N–H and O–H groups in total. The first-order valence-corrected chi connectivity index (χ1v) is 9.16. The summed E-state index contributed by atoms with van der Waals surface area (Å²) in [6.07, 6.45) is 0. The van der Waals surface area contributed by atoms with Gasteiger partial charge in [0.1, 0.15) is 0 Å². The summed E-state index contributed by atoms with van der Waals surface area (Å²) in [5.74, 6) is 0.903. The zero-order valence-electron chi connectivity index (χ0n) is 12.8. The van der Waals surface area contributed by atoms with Gasteiger partial charge in [-0.1, -0.05) is 16.8 Å². The van der Waals surface area contributed by atoms with Gasteiger partial charge in [-0.3, -0.25) is 10.1 Å². The summed E-state index contributed by atoms with van der Waals surface area (Å²) in [6, 6.07) is 12.0. The van der Waals surface area contributed by atoms with Gasteiger partial charge in [0.25, 0.3) is 5.91 Å². The van der Waals surface area contributed by atoms with Gasteiger partial charge in [0.2, 0.25) is 11.0 Å². The molecule has 4 aromatic rings. The Morgan fingerprint density at radius 1 is 1.15 bits per heavy atom. The average Bonchev–Trinajstić information content (AvgIpc) is 3.35. The first-order chi connectivity index (χ1) is 12.6. The summed E-state index contributed by atoms with van der Waals surface area (Å²) < 4.78 is 15.3. The Morgan fingerprint density at radius 2 is 1.96 bits per heavy atom. The van der Waals surface area contributed by atoms with Gasteiger partial charge in [0, 0.05) is 28.2 Å². The zero-order valence-corrected chi connectivity index (χ0v) is 15.9. The van der Waals surface area contributed by atoms with Crippen LogP contribution in [0, 0.1) is 0 Å². The molecular weight excluding hydrogens is 444 g/mol. The van der Waals surface area contributed by atoms with Crippen LogP contribution < -0.4 is 5.32 Å². The van der Waals surface area contributed by atoms with Crippen molar-refractivity contribution in [3.05, 3.63) is 57.9 Å². The van der Waals surface area contributed by atoms with Gasteiger partial charge >= 0.3 is 0 Å². The Bertz CT molecular complexity index is 1070. The molecule has 0 aliphatic rings. The number of nitrogens with one attached hydrogen (secondary N) is 1. The molecule has 7 nitrogen and oxygen atoms in total. The Labute approximate surface area is 164 Å². The second-order valence-corrected chi connectivity index (χ2v) is 7.03. The lowest BCUT2D eigenvalue weighted by Gasteiger charge is -1.95. The third-order valence-electron chi connectivity index (χ3n) is 3.31. The molecule has 0 aliphatic carbocycles. The minimum atomic E-state index is -0.447. The SMILES string of the molecule is O=C(Nc1nc(-c2ccc(Br)o2)ns1)c1cc(-c2ccc(Cl)cc2)on1. The van der Waals surface area contributed by atoms with E-state index in [1.165, 1.54) is 0 Å². The van der Waals surface area contributed by atoms with Crippen LogP contribution in [0.25, 0.3) is 22.9 Å². The monoisotopic (exact) mass is 450 g/mol. The molecule has 4 rings (SSSR count). The summed E-state index contributed by atoms with van der Waals surface area (Å²) in [4.78, 5) is 16.5. The first kappa shape index (κ1) is 17.0. The van der Waals surface area contributed by atoms with E-state index in [1.807, 2.05) is 0 Å². The summed E-state index contributed by atoms with van der Waals surface area (Å²) in [5, 5.41) is 7.37. The van der Waals surface area contributed by atoms with Gasteiger partial charge in [-0.25, -0.2) is 0 Å². The van der Waals surface area contributed by atoms with E-state index < -0.39 is 5.91 Å². The van der Waals surface area contributed by atoms with Gasteiger partial charge in [0.05, 0.1) is 0 Å². The van der Waals surface area contributed by atoms with Crippen molar-refractivity contribution in [3.8, 4) is 22.9 Å². The van der Waals surface area contributed by atoms with Crippen molar-refractivity contribution in [2.24, 2.45) is 0 Å². The zero-order chi connectivity index (χ0) is 18.1. The molecule has 1 aromatic carbocycles. The van der Waals surface area contributed by atoms with E-state index >= 15 is 0 Å². The molecule has 1 amide bonds. The van der Waals surface area contributed by atoms with E-state index in [9.17, 15) is 4.79 Å². The molecule has 130 valence electrons. The number of amides is 1. The van der Waals surface area contributed by atoms with Crippen molar-refractivity contribution in [1.82, 2.24) is 14.5 Å². The van der Waals surface area contributed by atoms with Crippen molar-refractivity contribution in [1.29, 1.82) is 0 Å². The second-order valence-electron chi connectivity index (χ2n) is 5.06. The van der Waals surface area contributed by atoms with E-state index in [-0.39, 0.29) is 5.69 Å². The number of furan rings is 1. The molecule has 0 spiro atoms. The van der Waals surface area contributed by atoms with Gasteiger partial charge in [-0.2, -0.15) is 9.36 Å². The minimum Gasteiger partial charge on any atom is -0.446 e. The Balaban J connectivity index is 1.49. The van der Waals surface area contributed by atoms with E-state index in [0.717, 1.165) is 17.1 Å². The topological polar surface area (TPSA) is 94.1 Å². The number of rotatable bonds is 4. The van der Waals surface area contributed by atoms with Gasteiger partial charge in [-0.05, 0) is 52.3 Å². The number of carbonyl (C=O) groups is 1. The van der Waals surface area contributed by atoms with Crippen LogP contribution in [-0.4, -0.2) is 20.4 Å².